The van der Waals surface area contributed by atoms with Crippen LogP contribution in [0.5, 0.6) is 17.4 Å². The molecule has 2 aromatic carbocycles. The third kappa shape index (κ3) is 5.65. The Morgan fingerprint density at radius 3 is 2.73 bits per heavy atom. The quantitative estimate of drug-likeness (QED) is 0.252. The third-order valence-corrected chi connectivity index (χ3v) is 7.27. The van der Waals surface area contributed by atoms with Gasteiger partial charge in [0.05, 0.1) is 42.8 Å². The zero-order valence-electron chi connectivity index (χ0n) is 22.3. The maximum Gasteiger partial charge on any atom is 0.306 e. The summed E-state index contributed by atoms with van der Waals surface area (Å²) in [6.07, 6.45) is 3.69. The van der Waals surface area contributed by atoms with Crippen LogP contribution in [-0.2, 0) is 11.3 Å². The van der Waals surface area contributed by atoms with Crippen LogP contribution in [0.1, 0.15) is 44.2 Å². The number of carboxylic acid groups (broad SMARTS) is 1. The highest BCUT2D eigenvalue weighted by molar-refractivity contribution is 6.33. The molecule has 1 saturated carbocycles. The summed E-state index contributed by atoms with van der Waals surface area (Å²) in [6, 6.07) is 12.7. The van der Waals surface area contributed by atoms with Crippen LogP contribution in [0.3, 0.4) is 0 Å². The van der Waals surface area contributed by atoms with Crippen molar-refractivity contribution in [2.75, 3.05) is 13.7 Å². The van der Waals surface area contributed by atoms with E-state index in [2.05, 4.69) is 16.0 Å². The van der Waals surface area contributed by atoms with E-state index in [1.165, 1.54) is 6.33 Å². The smallest absolute Gasteiger partial charge is 0.306 e. The number of carboxylic acids is 1. The van der Waals surface area contributed by atoms with E-state index in [0.717, 1.165) is 18.4 Å². The van der Waals surface area contributed by atoms with Gasteiger partial charge in [-0.2, -0.15) is 10.2 Å². The van der Waals surface area contributed by atoms with Gasteiger partial charge in [-0.15, -0.1) is 0 Å². The van der Waals surface area contributed by atoms with Crippen molar-refractivity contribution < 1.29 is 24.1 Å². The lowest BCUT2D eigenvalue weighted by molar-refractivity contribution is -0.141. The highest BCUT2D eigenvalue weighted by Crippen LogP contribution is 2.41. The van der Waals surface area contributed by atoms with Crippen LogP contribution in [0.25, 0.3) is 22.6 Å². The van der Waals surface area contributed by atoms with Crippen molar-refractivity contribution in [3.05, 3.63) is 58.9 Å². The van der Waals surface area contributed by atoms with E-state index in [9.17, 15) is 10.1 Å². The SMILES string of the molecule is COc1ccc(C#N)cc1Cn1c(-c2ccc(OCC[C@@H](C)C(=O)O)cc2Cl)nc2c(OC3(C)CC3)ncnc21. The third-order valence-electron chi connectivity index (χ3n) is 6.96. The Morgan fingerprint density at radius 1 is 1.25 bits per heavy atom. The molecule has 1 atom stereocenters. The molecular weight excluding hydrogens is 534 g/mol. The molecular formula is C29H28ClN5O5. The molecule has 0 bridgehead atoms. The molecule has 0 radical (unpaired) electrons. The van der Waals surface area contributed by atoms with E-state index in [0.29, 0.717) is 63.5 Å². The second-order valence-corrected chi connectivity index (χ2v) is 10.5. The number of aromatic nitrogens is 4. The second-order valence-electron chi connectivity index (χ2n) is 10.1. The fraction of sp³-hybridized carbons (Fsp3) is 0.345. The molecule has 0 spiro atoms. The van der Waals surface area contributed by atoms with Crippen LogP contribution < -0.4 is 14.2 Å². The van der Waals surface area contributed by atoms with Crippen molar-refractivity contribution in [2.45, 2.75) is 45.3 Å². The number of hydrogen-bond acceptors (Lipinski definition) is 8. The first-order valence-corrected chi connectivity index (χ1v) is 13.2. The Labute approximate surface area is 236 Å². The number of carbonyl (C=O) groups is 1. The lowest BCUT2D eigenvalue weighted by atomic mass is 10.1. The number of imidazole rings is 1. The molecule has 2 heterocycles. The van der Waals surface area contributed by atoms with Crippen molar-refractivity contribution >= 4 is 28.7 Å². The van der Waals surface area contributed by atoms with Gasteiger partial charge >= 0.3 is 5.97 Å². The van der Waals surface area contributed by atoms with Crippen molar-refractivity contribution in [2.24, 2.45) is 5.92 Å². The Kier molecular flexibility index (Phi) is 7.50. The first-order chi connectivity index (χ1) is 19.2. The molecule has 11 heteroatoms. The van der Waals surface area contributed by atoms with Gasteiger partial charge in [-0.05, 0) is 62.6 Å². The molecule has 0 unspecified atom stereocenters. The fourth-order valence-electron chi connectivity index (χ4n) is 4.24. The fourth-order valence-corrected chi connectivity index (χ4v) is 4.50. The van der Waals surface area contributed by atoms with Crippen molar-refractivity contribution in [1.82, 2.24) is 19.5 Å². The molecule has 1 fully saturated rings. The summed E-state index contributed by atoms with van der Waals surface area (Å²) >= 11 is 6.76. The standard InChI is InChI=1S/C29H28ClN5O5/c1-17(28(36)37)8-11-39-20-5-6-21(22(30)13-20)25-34-24-26(32-16-33-27(24)40-29(2)9-10-29)35(25)15-19-12-18(14-31)4-7-23(19)38-3/h4-7,12-13,16-17H,8-11,15H2,1-3H3,(H,36,37)/t17-/m1/s1. The summed E-state index contributed by atoms with van der Waals surface area (Å²) < 4.78 is 19.4. The highest BCUT2D eigenvalue weighted by atomic mass is 35.5. The molecule has 0 amide bonds. The molecule has 5 rings (SSSR count). The van der Waals surface area contributed by atoms with Crippen molar-refractivity contribution in [3.8, 4) is 34.8 Å². The van der Waals surface area contributed by atoms with E-state index in [-0.39, 0.29) is 12.2 Å². The molecule has 1 aliphatic rings. The first-order valence-electron chi connectivity index (χ1n) is 12.8. The van der Waals surface area contributed by atoms with Gasteiger partial charge in [-0.25, -0.2) is 9.97 Å². The number of aliphatic carboxylic acids is 1. The minimum Gasteiger partial charge on any atom is -0.496 e. The zero-order valence-corrected chi connectivity index (χ0v) is 23.1. The summed E-state index contributed by atoms with van der Waals surface area (Å²) in [5.41, 5.74) is 2.67. The Hall–Kier alpha value is -4.36. The molecule has 0 saturated heterocycles. The molecule has 10 nitrogen and oxygen atoms in total. The van der Waals surface area contributed by atoms with E-state index in [4.69, 9.17) is 35.9 Å². The largest absolute Gasteiger partial charge is 0.496 e. The van der Waals surface area contributed by atoms with Gasteiger partial charge < -0.3 is 23.9 Å². The second kappa shape index (κ2) is 11.0. The number of benzene rings is 2. The number of halogens is 1. The topological polar surface area (TPSA) is 132 Å². The number of nitrogens with zero attached hydrogens (tertiary/aromatic N) is 5. The maximum absolute atomic E-state index is 11.1. The van der Waals surface area contributed by atoms with Gasteiger partial charge in [0.2, 0.25) is 5.88 Å². The van der Waals surface area contributed by atoms with Gasteiger partial charge in [0.15, 0.2) is 11.2 Å². The molecule has 0 aliphatic heterocycles. The van der Waals surface area contributed by atoms with Crippen molar-refractivity contribution in [3.63, 3.8) is 0 Å². The van der Waals surface area contributed by atoms with Crippen LogP contribution in [0.2, 0.25) is 5.02 Å². The lowest BCUT2D eigenvalue weighted by Gasteiger charge is -2.14. The maximum atomic E-state index is 11.1. The van der Waals surface area contributed by atoms with Gasteiger partial charge in [0.1, 0.15) is 29.3 Å². The summed E-state index contributed by atoms with van der Waals surface area (Å²) in [4.78, 5) is 24.9. The number of fused-ring (bicyclic) bond motifs is 1. The summed E-state index contributed by atoms with van der Waals surface area (Å²) in [7, 11) is 1.58. The van der Waals surface area contributed by atoms with Crippen LogP contribution >= 0.6 is 11.6 Å². The van der Waals surface area contributed by atoms with E-state index in [1.807, 2.05) is 11.5 Å². The molecule has 40 heavy (non-hydrogen) atoms. The zero-order chi connectivity index (χ0) is 28.4. The number of ether oxygens (including phenoxy) is 3. The summed E-state index contributed by atoms with van der Waals surface area (Å²) in [6.45, 7) is 4.20. The predicted octanol–water partition coefficient (Wildman–Crippen LogP) is 5.50. The predicted molar refractivity (Wildman–Crippen MR) is 148 cm³/mol. The van der Waals surface area contributed by atoms with Crippen molar-refractivity contribution in [1.29, 1.82) is 5.26 Å². The van der Waals surface area contributed by atoms with E-state index in [1.54, 1.807) is 50.4 Å². The Bertz CT molecular complexity index is 1630. The van der Waals surface area contributed by atoms with E-state index < -0.39 is 11.9 Å². The number of methoxy groups -OCH3 is 1. The average Bonchev–Trinajstić information content (AvgIpc) is 3.56. The lowest BCUT2D eigenvalue weighted by Crippen LogP contribution is -2.13. The monoisotopic (exact) mass is 561 g/mol. The molecule has 4 aromatic rings. The van der Waals surface area contributed by atoms with Gasteiger partial charge in [0.25, 0.3) is 0 Å². The minimum absolute atomic E-state index is 0.242. The molecule has 206 valence electrons. The van der Waals surface area contributed by atoms with Gasteiger partial charge in [-0.1, -0.05) is 18.5 Å². The normalized spacial score (nSPS) is 14.4. The molecule has 2 aromatic heterocycles. The number of nitriles is 1. The number of rotatable bonds is 11. The van der Waals surface area contributed by atoms with Crippen LogP contribution in [-0.4, -0.2) is 49.9 Å². The Morgan fingerprint density at radius 2 is 2.05 bits per heavy atom. The highest BCUT2D eigenvalue weighted by Gasteiger charge is 2.41. The molecule has 1 aliphatic carbocycles. The molecule has 1 N–H and O–H groups in total. The first kappa shape index (κ1) is 27.2. The Balaban J connectivity index is 1.56. The summed E-state index contributed by atoms with van der Waals surface area (Å²) in [5, 5.41) is 19.0. The van der Waals surface area contributed by atoms with Gasteiger partial charge in [0, 0.05) is 11.1 Å². The minimum atomic E-state index is -0.866. The summed E-state index contributed by atoms with van der Waals surface area (Å²) in [5.74, 6) is 0.681. The van der Waals surface area contributed by atoms with Gasteiger partial charge in [-0.3, -0.25) is 4.79 Å². The number of hydrogen-bond donors (Lipinski definition) is 1. The van der Waals surface area contributed by atoms with Crippen LogP contribution in [0.4, 0.5) is 0 Å². The van der Waals surface area contributed by atoms with Crippen LogP contribution in [0.15, 0.2) is 42.7 Å². The van der Waals surface area contributed by atoms with Crippen LogP contribution in [0, 0.1) is 17.2 Å². The average molecular weight is 562 g/mol. The van der Waals surface area contributed by atoms with E-state index >= 15 is 0 Å².